The Morgan fingerprint density at radius 3 is 0.992 bits per heavy atom. The average molecular weight is 1990 g/mol. The molecule has 8 aromatic carbocycles. The van der Waals surface area contributed by atoms with E-state index < -0.39 is 141 Å². The number of halogens is 12. The van der Waals surface area contributed by atoms with Gasteiger partial charge in [-0.1, -0.05) is 205 Å². The van der Waals surface area contributed by atoms with Gasteiger partial charge in [0.15, 0.2) is 9.84 Å². The van der Waals surface area contributed by atoms with Crippen LogP contribution in [0.3, 0.4) is 0 Å². The summed E-state index contributed by atoms with van der Waals surface area (Å²) in [6.45, 7) is 8.90. The Balaban J connectivity index is 0.000000197. The Bertz CT molecular complexity index is 6050. The Morgan fingerprint density at radius 1 is 0.313 bits per heavy atom. The number of alkyl halides is 12. The minimum atomic E-state index is -6.30. The first-order chi connectivity index (χ1) is 61.5. The predicted molar refractivity (Wildman–Crippen MR) is 455 cm³/mol. The van der Waals surface area contributed by atoms with Crippen molar-refractivity contribution in [2.45, 2.75) is 219 Å². The third kappa shape index (κ3) is 24.3. The molecule has 4 heterocycles. The minimum absolute atomic E-state index is 0.0426. The first-order valence-corrected chi connectivity index (χ1v) is 50.7. The molecule has 8 amide bonds. The molecule has 0 N–H and O–H groups in total. The molecule has 28 nitrogen and oxygen atoms in total. The third-order valence-corrected chi connectivity index (χ3v) is 28.9. The number of rotatable bonds is 40. The second-order valence-corrected chi connectivity index (χ2v) is 40.8. The van der Waals surface area contributed by atoms with Gasteiger partial charge in [-0.2, -0.15) is 86.4 Å². The number of thioether (sulfide) groups is 1. The van der Waals surface area contributed by atoms with Crippen molar-refractivity contribution in [2.24, 2.45) is 0 Å². The van der Waals surface area contributed by atoms with Crippen molar-refractivity contribution in [3.05, 3.63) is 166 Å². The van der Waals surface area contributed by atoms with Crippen LogP contribution in [0.4, 0.5) is 52.7 Å². The van der Waals surface area contributed by atoms with E-state index in [1.165, 1.54) is 105 Å². The van der Waals surface area contributed by atoms with E-state index in [4.69, 9.17) is 4.74 Å². The molecule has 0 aliphatic carbocycles. The highest BCUT2D eigenvalue weighted by molar-refractivity contribution is 7.99. The number of hydrogen-bond donors (Lipinski definition) is 0. The minimum Gasteiger partial charge on any atom is -0.493 e. The SMILES string of the molecule is CCCCCCCCOc1ccc2c3c(cccc13)C(=O)N(OS(=O)(=O)C(F)(F)F)C2=O.CCCCCCCCS(=O)(=O)c1ccc2c3c(cccc13)C(=O)N(OS(=O)(=O)C(F)(F)F)C2=O.CCCCCCCCS(=O)c1ccc2c3c(cccc13)C(=O)N(OS(=O)(=O)C(F)(F)F)C2=O.CCCCCCCCSc1ccc2c3c(cccc13)C(=O)N(OS(=O)(=O)C(F)(F)F)C2=O. The number of hydroxylamine groups is 8. The summed E-state index contributed by atoms with van der Waals surface area (Å²) < 4.78 is 303. The molecule has 0 aromatic heterocycles. The molecule has 714 valence electrons. The number of carbonyl (C=O) groups is 8. The molecule has 0 fully saturated rings. The second-order valence-electron chi connectivity index (χ2n) is 30.0. The van der Waals surface area contributed by atoms with Crippen molar-refractivity contribution in [2.75, 3.05) is 23.9 Å². The van der Waals surface area contributed by atoms with Crippen molar-refractivity contribution in [1.29, 1.82) is 0 Å². The Labute approximate surface area is 752 Å². The van der Waals surface area contributed by atoms with Gasteiger partial charge in [0.1, 0.15) is 5.75 Å². The van der Waals surface area contributed by atoms with E-state index in [1.54, 1.807) is 36.0 Å². The van der Waals surface area contributed by atoms with E-state index >= 15 is 0 Å². The summed E-state index contributed by atoms with van der Waals surface area (Å²) in [7, 11) is -30.2. The van der Waals surface area contributed by atoms with Gasteiger partial charge in [-0.25, -0.2) is 8.42 Å². The standard InChI is InChI=1S/C21H22F3NO7S2.C21H22F3NO6S2.C21H22F3NO6S.C21H22F3NO5S2/c1-2-3-4-5-6-7-13-33(28,29)17-12-11-16-18-14(17)9-8-10-15(18)19(26)25(20(16)27)32-34(30,31)21(22,23)24;1-2-3-4-5-6-7-13-32(28)17-12-11-16-18-14(17)9-8-10-15(18)19(26)25(20(16)27)31-33(29,30)21(22,23)24;1-2-3-4-5-6-7-13-30-17-12-11-16-18-14(17)9-8-10-15(18)19(26)25(20(16)27)31-32(28,29)21(22,23)24;1-2-3-4-5-6-7-13-31-17-12-11-16-18-14(17)9-8-10-15(18)19(26)25(20(16)27)30-32(28,29)21(22,23)24/h8-12H,2-7,13H2,1H3;8-12H,2-7,13H2,1H3;2*8-12H,2-7,13H2,1H3. The maximum Gasteiger partial charge on any atom is 0.525 e. The summed E-state index contributed by atoms with van der Waals surface area (Å²) in [4.78, 5) is 102. The van der Waals surface area contributed by atoms with Crippen LogP contribution in [0.2, 0.25) is 0 Å². The summed E-state index contributed by atoms with van der Waals surface area (Å²) in [5.74, 6) is -9.30. The Kier molecular flexibility index (Phi) is 35.3. The molecule has 8 aromatic rings. The predicted octanol–water partition coefficient (Wildman–Crippen LogP) is 19.7. The van der Waals surface area contributed by atoms with Crippen LogP contribution in [0.5, 0.6) is 5.75 Å². The Hall–Kier alpha value is -9.59. The number of nitrogens with zero attached hydrogens (tertiary/aromatic N) is 4. The molecule has 0 radical (unpaired) electrons. The first kappa shape index (κ1) is 105. The molecule has 12 rings (SSSR count). The van der Waals surface area contributed by atoms with Crippen LogP contribution in [0.1, 0.15) is 265 Å². The molecule has 0 spiro atoms. The first-order valence-electron chi connectivity index (χ1n) is 41.2. The van der Waals surface area contributed by atoms with Crippen LogP contribution in [-0.2, 0) is 78.2 Å². The lowest BCUT2D eigenvalue weighted by atomic mass is 9.94. The number of ether oxygens (including phenoxy) is 1. The van der Waals surface area contributed by atoms with Crippen LogP contribution < -0.4 is 4.74 Å². The van der Waals surface area contributed by atoms with Gasteiger partial charge in [0.2, 0.25) is 0 Å². The van der Waals surface area contributed by atoms with Gasteiger partial charge >= 0.3 is 62.5 Å². The van der Waals surface area contributed by atoms with Gasteiger partial charge in [-0.05, 0) is 115 Å². The number of hydrogen-bond acceptors (Lipinski definition) is 25. The van der Waals surface area contributed by atoms with E-state index in [0.29, 0.717) is 45.6 Å². The van der Waals surface area contributed by atoms with E-state index in [0.717, 1.165) is 151 Å². The monoisotopic (exact) mass is 1990 g/mol. The zero-order valence-electron chi connectivity index (χ0n) is 70.3. The van der Waals surface area contributed by atoms with Crippen molar-refractivity contribution in [3.63, 3.8) is 0 Å². The number of unbranched alkanes of at least 4 members (excludes halogenated alkanes) is 20. The van der Waals surface area contributed by atoms with E-state index in [-0.39, 0.29) is 92.2 Å². The molecule has 0 saturated carbocycles. The maximum absolute atomic E-state index is 13.0. The van der Waals surface area contributed by atoms with Gasteiger partial charge in [0, 0.05) is 47.9 Å². The van der Waals surface area contributed by atoms with Gasteiger partial charge < -0.3 is 4.74 Å². The van der Waals surface area contributed by atoms with Crippen LogP contribution in [0.15, 0.2) is 136 Å². The van der Waals surface area contributed by atoms with E-state index in [2.05, 4.69) is 44.8 Å². The fraction of sp³-hybridized carbons (Fsp3) is 0.429. The Morgan fingerprint density at radius 2 is 0.603 bits per heavy atom. The zero-order chi connectivity index (χ0) is 96.7. The van der Waals surface area contributed by atoms with Gasteiger partial charge in [-0.15, -0.1) is 49.2 Å². The van der Waals surface area contributed by atoms with E-state index in [1.807, 2.05) is 0 Å². The molecular weight excluding hydrogens is 1900 g/mol. The lowest BCUT2D eigenvalue weighted by Gasteiger charge is -2.26. The largest absolute Gasteiger partial charge is 0.525 e. The summed E-state index contributed by atoms with van der Waals surface area (Å²) in [6, 6.07) is 27.4. The highest BCUT2D eigenvalue weighted by atomic mass is 32.2. The van der Waals surface area contributed by atoms with Crippen molar-refractivity contribution in [3.8, 4) is 5.75 Å². The van der Waals surface area contributed by atoms with Crippen molar-refractivity contribution < 1.29 is 159 Å². The smallest absolute Gasteiger partial charge is 0.493 e. The second kappa shape index (κ2) is 44.1. The van der Waals surface area contributed by atoms with Crippen LogP contribution in [0, 0.1) is 0 Å². The zero-order valence-corrected chi connectivity index (χ0v) is 76.0. The van der Waals surface area contributed by atoms with Crippen molar-refractivity contribution in [1.82, 2.24) is 20.3 Å². The quantitative estimate of drug-likeness (QED) is 0.0113. The van der Waals surface area contributed by atoms with Gasteiger partial charge in [-0.3, -0.25) is 42.6 Å². The molecule has 0 bridgehead atoms. The number of imide groups is 4. The summed E-state index contributed by atoms with van der Waals surface area (Å²) in [5, 5.41) is 0.262. The average Bonchev–Trinajstić information content (AvgIpc) is 0.730. The van der Waals surface area contributed by atoms with Crippen LogP contribution in [0.25, 0.3) is 43.1 Å². The summed E-state index contributed by atoms with van der Waals surface area (Å²) in [5.41, 5.74) is -25.0. The van der Waals surface area contributed by atoms with Crippen molar-refractivity contribution >= 4 is 163 Å². The van der Waals surface area contributed by atoms with Gasteiger partial charge in [0.05, 0.1) is 72.6 Å². The number of amides is 8. The fourth-order valence-electron chi connectivity index (χ4n) is 14.2. The van der Waals surface area contributed by atoms with Crippen LogP contribution >= 0.6 is 11.8 Å². The number of sulfone groups is 1. The molecule has 0 saturated heterocycles. The normalized spacial score (nSPS) is 14.7. The van der Waals surface area contributed by atoms with E-state index in [9.17, 15) is 137 Å². The highest BCUT2D eigenvalue weighted by Gasteiger charge is 2.56. The molecule has 4 aliphatic rings. The highest BCUT2D eigenvalue weighted by Crippen LogP contribution is 2.43. The molecule has 47 heteroatoms. The summed E-state index contributed by atoms with van der Waals surface area (Å²) in [6.07, 6.45) is 24.5. The molecule has 1 atom stereocenters. The lowest BCUT2D eigenvalue weighted by Crippen LogP contribution is -2.44. The molecule has 1 unspecified atom stereocenters. The third-order valence-electron chi connectivity index (χ3n) is 20.7. The van der Waals surface area contributed by atoms with Gasteiger partial charge in [0.25, 0.3) is 47.3 Å². The molecule has 4 aliphatic heterocycles. The van der Waals surface area contributed by atoms with Crippen LogP contribution in [-0.4, -0.2) is 160 Å². The fourth-order valence-corrected chi connectivity index (χ4v) is 19.8. The molecular formula is C84H88F12N4O24S7. The number of carbonyl (C=O) groups excluding carboxylic acids is 8. The topological polar surface area (TPSA) is 383 Å². The maximum atomic E-state index is 13.0. The lowest BCUT2D eigenvalue weighted by molar-refractivity contribution is -0.0768. The molecule has 131 heavy (non-hydrogen) atoms. The number of benzene rings is 8. The summed E-state index contributed by atoms with van der Waals surface area (Å²) >= 11 is 1.57.